The predicted octanol–water partition coefficient (Wildman–Crippen LogP) is 2.77. The maximum Gasteiger partial charge on any atom is 0.312 e. The number of fused-ring (bicyclic) bond motifs is 1. The molecule has 1 aromatic heterocycles. The molecule has 8 nitrogen and oxygen atoms in total. The third-order valence-electron chi connectivity index (χ3n) is 5.41. The van der Waals surface area contributed by atoms with E-state index in [1.54, 1.807) is 0 Å². The van der Waals surface area contributed by atoms with Crippen molar-refractivity contribution in [2.24, 2.45) is 5.73 Å². The summed E-state index contributed by atoms with van der Waals surface area (Å²) in [6.07, 6.45) is 2.05. The number of primary amides is 1. The maximum atomic E-state index is 13.1. The number of para-hydroxylation sites is 1. The van der Waals surface area contributed by atoms with Crippen molar-refractivity contribution in [2.45, 2.75) is 33.2 Å². The number of rotatable bonds is 7. The van der Waals surface area contributed by atoms with Crippen LogP contribution in [-0.2, 0) is 16.0 Å². The molecular formula is C24H29N5O3. The van der Waals surface area contributed by atoms with Gasteiger partial charge in [-0.2, -0.15) is 0 Å². The Morgan fingerprint density at radius 2 is 1.75 bits per heavy atom. The van der Waals surface area contributed by atoms with Gasteiger partial charge in [-0.1, -0.05) is 35.9 Å². The monoisotopic (exact) mass is 435 g/mol. The summed E-state index contributed by atoms with van der Waals surface area (Å²) in [5.41, 5.74) is 10.9. The molecule has 0 radical (unpaired) electrons. The third kappa shape index (κ3) is 5.26. The normalized spacial score (nSPS) is 11.8. The summed E-state index contributed by atoms with van der Waals surface area (Å²) in [6.45, 7) is 5.70. The van der Waals surface area contributed by atoms with Gasteiger partial charge >= 0.3 is 6.03 Å². The zero-order chi connectivity index (χ0) is 23.4. The van der Waals surface area contributed by atoms with Crippen molar-refractivity contribution in [3.63, 3.8) is 0 Å². The molecule has 2 aromatic carbocycles. The number of likely N-dealkylation sites (N-methyl/N-ethyl adjacent to an activating group) is 1. The Kier molecular flexibility index (Phi) is 6.82. The van der Waals surface area contributed by atoms with Crippen molar-refractivity contribution in [1.82, 2.24) is 15.2 Å². The van der Waals surface area contributed by atoms with E-state index in [4.69, 9.17) is 5.73 Å². The van der Waals surface area contributed by atoms with Crippen LogP contribution >= 0.6 is 0 Å². The predicted molar refractivity (Wildman–Crippen MR) is 125 cm³/mol. The summed E-state index contributed by atoms with van der Waals surface area (Å²) < 4.78 is 0. The molecular weight excluding hydrogens is 406 g/mol. The fourth-order valence-corrected chi connectivity index (χ4v) is 4.01. The highest BCUT2D eigenvalue weighted by atomic mass is 16.2. The quantitative estimate of drug-likeness (QED) is 0.457. The van der Waals surface area contributed by atoms with Gasteiger partial charge in [0.15, 0.2) is 0 Å². The molecule has 0 saturated carbocycles. The van der Waals surface area contributed by atoms with E-state index in [2.05, 4.69) is 15.6 Å². The first-order chi connectivity index (χ1) is 15.2. The second-order valence-corrected chi connectivity index (χ2v) is 8.14. The largest absolute Gasteiger partial charge is 0.361 e. The van der Waals surface area contributed by atoms with E-state index < -0.39 is 18.0 Å². The number of urea groups is 1. The van der Waals surface area contributed by atoms with Crippen LogP contribution in [0.15, 0.2) is 42.6 Å². The molecule has 8 heteroatoms. The van der Waals surface area contributed by atoms with Gasteiger partial charge in [0.1, 0.15) is 6.04 Å². The Bertz CT molecular complexity index is 1140. The topological polar surface area (TPSA) is 120 Å². The summed E-state index contributed by atoms with van der Waals surface area (Å²) in [4.78, 5) is 41.7. The summed E-state index contributed by atoms with van der Waals surface area (Å²) in [5.74, 6) is -0.720. The lowest BCUT2D eigenvalue weighted by molar-refractivity contribution is -0.134. The molecule has 5 N–H and O–H groups in total. The van der Waals surface area contributed by atoms with Crippen LogP contribution in [0.3, 0.4) is 0 Å². The number of hydrogen-bond donors (Lipinski definition) is 4. The number of amides is 4. The first-order valence-corrected chi connectivity index (χ1v) is 10.4. The highest BCUT2D eigenvalue weighted by Crippen LogP contribution is 2.22. The van der Waals surface area contributed by atoms with E-state index in [0.29, 0.717) is 0 Å². The molecule has 0 aliphatic heterocycles. The van der Waals surface area contributed by atoms with Crippen LogP contribution in [0.4, 0.5) is 10.5 Å². The average molecular weight is 436 g/mol. The fourth-order valence-electron chi connectivity index (χ4n) is 4.01. The van der Waals surface area contributed by atoms with Gasteiger partial charge in [-0.15, -0.1) is 0 Å². The summed E-state index contributed by atoms with van der Waals surface area (Å²) >= 11 is 0. The molecule has 1 heterocycles. The molecule has 0 fully saturated rings. The second-order valence-electron chi connectivity index (χ2n) is 8.14. The van der Waals surface area contributed by atoms with Crippen molar-refractivity contribution >= 4 is 34.4 Å². The van der Waals surface area contributed by atoms with Crippen molar-refractivity contribution in [1.29, 1.82) is 0 Å². The fraction of sp³-hybridized carbons (Fsp3) is 0.292. The highest BCUT2D eigenvalue weighted by molar-refractivity contribution is 5.97. The van der Waals surface area contributed by atoms with Gasteiger partial charge in [0.2, 0.25) is 11.8 Å². The van der Waals surface area contributed by atoms with Crippen molar-refractivity contribution in [3.8, 4) is 0 Å². The number of anilines is 1. The van der Waals surface area contributed by atoms with E-state index in [0.717, 1.165) is 38.8 Å². The molecule has 0 aliphatic rings. The molecule has 0 saturated heterocycles. The zero-order valence-corrected chi connectivity index (χ0v) is 18.8. The Labute approximate surface area is 187 Å². The van der Waals surface area contributed by atoms with Crippen LogP contribution in [-0.4, -0.2) is 47.4 Å². The Hall–Kier alpha value is -3.81. The van der Waals surface area contributed by atoms with Crippen molar-refractivity contribution < 1.29 is 14.4 Å². The molecule has 3 aromatic rings. The van der Waals surface area contributed by atoms with Crippen molar-refractivity contribution in [2.75, 3.05) is 18.9 Å². The molecule has 168 valence electrons. The van der Waals surface area contributed by atoms with Gasteiger partial charge in [-0.05, 0) is 43.5 Å². The second kappa shape index (κ2) is 9.55. The third-order valence-corrected chi connectivity index (χ3v) is 5.41. The summed E-state index contributed by atoms with van der Waals surface area (Å²) in [7, 11) is 1.53. The van der Waals surface area contributed by atoms with Crippen LogP contribution in [0.25, 0.3) is 10.9 Å². The van der Waals surface area contributed by atoms with Crippen molar-refractivity contribution in [3.05, 3.63) is 64.8 Å². The Morgan fingerprint density at radius 3 is 2.41 bits per heavy atom. The highest BCUT2D eigenvalue weighted by Gasteiger charge is 2.26. The standard InChI is InChI=1S/C24H29N5O3/c1-14-9-15(2)22(16(3)10-14)28-21(30)13-29(4)23(31)20(27-24(25)32)11-17-12-26-19-8-6-5-7-18(17)19/h5-10,12,20,26H,11,13H2,1-4H3,(H,28,30)(H3,25,27,32). The van der Waals surface area contributed by atoms with Crippen LogP contribution in [0.1, 0.15) is 22.3 Å². The average Bonchev–Trinajstić information content (AvgIpc) is 3.12. The Morgan fingerprint density at radius 1 is 1.09 bits per heavy atom. The van der Waals surface area contributed by atoms with Gasteiger partial charge in [0.25, 0.3) is 0 Å². The molecule has 32 heavy (non-hydrogen) atoms. The van der Waals surface area contributed by atoms with Gasteiger partial charge in [0, 0.05) is 36.3 Å². The van der Waals surface area contributed by atoms with Gasteiger partial charge < -0.3 is 26.3 Å². The van der Waals surface area contributed by atoms with E-state index in [1.807, 2.05) is 63.4 Å². The lowest BCUT2D eigenvalue weighted by Gasteiger charge is -2.24. The van der Waals surface area contributed by atoms with E-state index in [-0.39, 0.29) is 18.9 Å². The van der Waals surface area contributed by atoms with E-state index >= 15 is 0 Å². The molecule has 0 aliphatic carbocycles. The zero-order valence-electron chi connectivity index (χ0n) is 18.8. The number of nitrogens with one attached hydrogen (secondary N) is 3. The minimum absolute atomic E-state index is 0.156. The number of aromatic amines is 1. The maximum absolute atomic E-state index is 13.1. The first kappa shape index (κ1) is 22.9. The lowest BCUT2D eigenvalue weighted by atomic mass is 10.0. The molecule has 3 rings (SSSR count). The SMILES string of the molecule is Cc1cc(C)c(NC(=O)CN(C)C(=O)C(Cc2c[nH]c3ccccc23)NC(N)=O)c(C)c1. The summed E-state index contributed by atoms with van der Waals surface area (Å²) in [5, 5.41) is 6.36. The molecule has 1 unspecified atom stereocenters. The van der Waals surface area contributed by atoms with Crippen LogP contribution in [0.5, 0.6) is 0 Å². The number of H-pyrrole nitrogens is 1. The number of hydrogen-bond acceptors (Lipinski definition) is 3. The van der Waals surface area contributed by atoms with Gasteiger partial charge in [-0.25, -0.2) is 4.79 Å². The minimum Gasteiger partial charge on any atom is -0.361 e. The number of carbonyl (C=O) groups is 3. The number of nitrogens with two attached hydrogens (primary N) is 1. The van der Waals surface area contributed by atoms with Crippen LogP contribution in [0, 0.1) is 20.8 Å². The van der Waals surface area contributed by atoms with Gasteiger partial charge in [0.05, 0.1) is 6.54 Å². The van der Waals surface area contributed by atoms with Crippen LogP contribution in [0.2, 0.25) is 0 Å². The number of benzene rings is 2. The van der Waals surface area contributed by atoms with E-state index in [1.165, 1.54) is 11.9 Å². The molecule has 0 bridgehead atoms. The lowest BCUT2D eigenvalue weighted by Crippen LogP contribution is -2.51. The molecule has 0 spiro atoms. The summed E-state index contributed by atoms with van der Waals surface area (Å²) in [6, 6.07) is 9.98. The molecule has 1 atom stereocenters. The first-order valence-electron chi connectivity index (χ1n) is 10.4. The van der Waals surface area contributed by atoms with Crippen LogP contribution < -0.4 is 16.4 Å². The number of nitrogens with zero attached hydrogens (tertiary/aromatic N) is 1. The Balaban J connectivity index is 1.72. The van der Waals surface area contributed by atoms with Gasteiger partial charge in [-0.3, -0.25) is 9.59 Å². The number of aryl methyl sites for hydroxylation is 3. The smallest absolute Gasteiger partial charge is 0.312 e. The van der Waals surface area contributed by atoms with E-state index in [9.17, 15) is 14.4 Å². The number of aromatic nitrogens is 1. The molecule has 4 amide bonds. The minimum atomic E-state index is -0.896. The number of carbonyl (C=O) groups excluding carboxylic acids is 3.